The molecule has 0 saturated carbocycles. The number of allylic oxidation sites excluding steroid dienone is 1. The molecule has 0 unspecified atom stereocenters. The summed E-state index contributed by atoms with van der Waals surface area (Å²) < 4.78 is 0. The quantitative estimate of drug-likeness (QED) is 0.434. The Balaban J connectivity index is 1.50. The highest BCUT2D eigenvalue weighted by Crippen LogP contribution is 2.34. The average molecular weight is 401 g/mol. The first-order valence-electron chi connectivity index (χ1n) is 10.6. The maximum Gasteiger partial charge on any atom is 0.0463 e. The van der Waals surface area contributed by atoms with Crippen LogP contribution in [0.1, 0.15) is 6.42 Å². The van der Waals surface area contributed by atoms with E-state index >= 15 is 0 Å². The second-order valence-corrected chi connectivity index (χ2v) is 7.52. The summed E-state index contributed by atoms with van der Waals surface area (Å²) in [7, 11) is 0. The fourth-order valence-electron chi connectivity index (χ4n) is 3.95. The first kappa shape index (κ1) is 19.0. The summed E-state index contributed by atoms with van der Waals surface area (Å²) in [6.07, 6.45) is 7.59. The molecule has 1 N–H and O–H groups in total. The van der Waals surface area contributed by atoms with E-state index in [1.54, 1.807) is 0 Å². The van der Waals surface area contributed by atoms with Crippen molar-refractivity contribution in [2.24, 2.45) is 0 Å². The normalized spacial score (nSPS) is 12.5. The molecule has 0 amide bonds. The molecule has 5 rings (SSSR count). The van der Waals surface area contributed by atoms with Crippen LogP contribution in [-0.4, -0.2) is 0 Å². The second kappa shape index (κ2) is 8.76. The van der Waals surface area contributed by atoms with Crippen LogP contribution < -0.4 is 20.7 Å². The minimum absolute atomic E-state index is 0.949. The summed E-state index contributed by atoms with van der Waals surface area (Å²) in [5.74, 6) is 0. The van der Waals surface area contributed by atoms with Crippen LogP contribution in [0.2, 0.25) is 0 Å². The van der Waals surface area contributed by atoms with E-state index in [9.17, 15) is 0 Å². The highest BCUT2D eigenvalue weighted by molar-refractivity contribution is 5.79. The van der Waals surface area contributed by atoms with Gasteiger partial charge in [-0.1, -0.05) is 72.8 Å². The molecule has 4 aromatic rings. The molecule has 0 aromatic heterocycles. The summed E-state index contributed by atoms with van der Waals surface area (Å²) in [6.45, 7) is 0. The number of para-hydroxylation sites is 2. The lowest BCUT2D eigenvalue weighted by molar-refractivity contribution is 1.28. The number of hydrogen-bond acceptors (Lipinski definition) is 2. The van der Waals surface area contributed by atoms with Crippen LogP contribution in [-0.2, 0) is 0 Å². The number of nitrogens with one attached hydrogen (secondary N) is 1. The van der Waals surface area contributed by atoms with Gasteiger partial charge in [-0.2, -0.15) is 0 Å². The molecule has 1 aliphatic carbocycles. The molecule has 0 spiro atoms. The Bertz CT molecular complexity index is 1270. The average Bonchev–Trinajstić information content (AvgIpc) is 3.04. The lowest BCUT2D eigenvalue weighted by atomic mass is 10.1. The molecule has 4 aromatic carbocycles. The number of nitrogens with zero attached hydrogens (tertiary/aromatic N) is 1. The summed E-state index contributed by atoms with van der Waals surface area (Å²) >= 11 is 0. The number of hydrogen-bond donors (Lipinski definition) is 1. The van der Waals surface area contributed by atoms with E-state index in [4.69, 9.17) is 0 Å². The predicted molar refractivity (Wildman–Crippen MR) is 132 cm³/mol. The van der Waals surface area contributed by atoms with E-state index in [2.05, 4.69) is 126 Å². The summed E-state index contributed by atoms with van der Waals surface area (Å²) in [6, 6.07) is 38.1. The molecule has 2 nitrogen and oxygen atoms in total. The molecule has 0 saturated heterocycles. The van der Waals surface area contributed by atoms with Gasteiger partial charge in [0, 0.05) is 33.7 Å². The van der Waals surface area contributed by atoms with Crippen LogP contribution in [0.5, 0.6) is 0 Å². The van der Waals surface area contributed by atoms with E-state index in [0.717, 1.165) is 34.9 Å². The molecular weight excluding hydrogens is 376 g/mol. The van der Waals surface area contributed by atoms with Crippen LogP contribution in [0, 0.1) is 0 Å². The van der Waals surface area contributed by atoms with Gasteiger partial charge in [0.2, 0.25) is 0 Å². The lowest BCUT2D eigenvalue weighted by Crippen LogP contribution is -2.27. The van der Waals surface area contributed by atoms with Crippen molar-refractivity contribution in [3.8, 4) is 0 Å². The van der Waals surface area contributed by atoms with Crippen molar-refractivity contribution in [2.75, 3.05) is 10.2 Å². The van der Waals surface area contributed by atoms with Crippen LogP contribution in [0.4, 0.5) is 22.7 Å². The van der Waals surface area contributed by atoms with Crippen molar-refractivity contribution in [3.63, 3.8) is 0 Å². The summed E-state index contributed by atoms with van der Waals surface area (Å²) in [4.78, 5) is 2.27. The molecule has 0 heterocycles. The maximum absolute atomic E-state index is 3.61. The summed E-state index contributed by atoms with van der Waals surface area (Å²) in [5.41, 5.74) is 5.60. The Kier molecular flexibility index (Phi) is 5.36. The Morgan fingerprint density at radius 2 is 1.16 bits per heavy atom. The Morgan fingerprint density at radius 1 is 0.581 bits per heavy atom. The van der Waals surface area contributed by atoms with E-state index in [0.29, 0.717) is 0 Å². The Hall–Kier alpha value is -4.04. The van der Waals surface area contributed by atoms with E-state index in [1.807, 2.05) is 12.1 Å². The second-order valence-electron chi connectivity index (χ2n) is 7.52. The third-order valence-corrected chi connectivity index (χ3v) is 5.44. The van der Waals surface area contributed by atoms with Crippen molar-refractivity contribution in [1.82, 2.24) is 0 Å². The monoisotopic (exact) mass is 400 g/mol. The first-order chi connectivity index (χ1) is 15.4. The number of fused-ring (bicyclic) bond motifs is 1. The van der Waals surface area contributed by atoms with Crippen molar-refractivity contribution in [1.29, 1.82) is 0 Å². The highest BCUT2D eigenvalue weighted by atomic mass is 15.1. The largest absolute Gasteiger partial charge is 0.355 e. The van der Waals surface area contributed by atoms with Gasteiger partial charge in [0.1, 0.15) is 0 Å². The summed E-state index contributed by atoms with van der Waals surface area (Å²) in [5, 5.41) is 6.12. The number of benzene rings is 4. The fraction of sp³-hybridized carbons (Fsp3) is 0.0345. The van der Waals surface area contributed by atoms with Gasteiger partial charge in [-0.3, -0.25) is 0 Å². The topological polar surface area (TPSA) is 15.3 Å². The third-order valence-electron chi connectivity index (χ3n) is 5.44. The molecule has 0 atom stereocenters. The minimum atomic E-state index is 0.949. The molecule has 150 valence electrons. The Morgan fingerprint density at radius 3 is 1.84 bits per heavy atom. The Labute approximate surface area is 183 Å². The molecular formula is C29H24N2. The minimum Gasteiger partial charge on any atom is -0.355 e. The van der Waals surface area contributed by atoms with Gasteiger partial charge in [-0.05, 0) is 66.2 Å². The molecule has 0 radical (unpaired) electrons. The maximum atomic E-state index is 3.61. The van der Waals surface area contributed by atoms with Crippen molar-refractivity contribution < 1.29 is 0 Å². The zero-order valence-electron chi connectivity index (χ0n) is 17.3. The van der Waals surface area contributed by atoms with Crippen molar-refractivity contribution in [2.45, 2.75) is 6.42 Å². The zero-order chi connectivity index (χ0) is 20.9. The van der Waals surface area contributed by atoms with E-state index < -0.39 is 0 Å². The fourth-order valence-corrected chi connectivity index (χ4v) is 3.95. The van der Waals surface area contributed by atoms with Gasteiger partial charge in [0.15, 0.2) is 0 Å². The smallest absolute Gasteiger partial charge is 0.0463 e. The standard InChI is InChI=1S/C29H24N2/c1-3-13-25(14-4-1)31(26-15-5-2-6-16-26)27-21-19-24(20-22-27)30-29-18-10-8-12-23-11-7-9-17-28(23)29/h1-7,9-22,30H,8H2. The third kappa shape index (κ3) is 4.15. The van der Waals surface area contributed by atoms with Crippen LogP contribution in [0.25, 0.3) is 11.8 Å². The zero-order valence-corrected chi connectivity index (χ0v) is 17.3. The first-order valence-corrected chi connectivity index (χ1v) is 10.6. The van der Waals surface area contributed by atoms with Crippen LogP contribution >= 0.6 is 0 Å². The van der Waals surface area contributed by atoms with Crippen molar-refractivity contribution >= 4 is 34.5 Å². The van der Waals surface area contributed by atoms with Crippen molar-refractivity contribution in [3.05, 3.63) is 132 Å². The highest BCUT2D eigenvalue weighted by Gasteiger charge is 2.11. The molecule has 1 aliphatic rings. The van der Waals surface area contributed by atoms with E-state index in [1.165, 1.54) is 10.4 Å². The molecule has 0 bridgehead atoms. The van der Waals surface area contributed by atoms with Crippen LogP contribution in [0.15, 0.2) is 121 Å². The van der Waals surface area contributed by atoms with Gasteiger partial charge in [-0.15, -0.1) is 0 Å². The SMILES string of the molecule is C1=CC(Nc2ccc(N(c3ccccc3)c3ccccc3)cc2)=c2ccccc2=CC1. The van der Waals surface area contributed by atoms with Gasteiger partial charge < -0.3 is 10.2 Å². The van der Waals surface area contributed by atoms with Gasteiger partial charge >= 0.3 is 0 Å². The van der Waals surface area contributed by atoms with Crippen LogP contribution in [0.3, 0.4) is 0 Å². The molecule has 0 fully saturated rings. The van der Waals surface area contributed by atoms with Gasteiger partial charge in [0.05, 0.1) is 0 Å². The van der Waals surface area contributed by atoms with Gasteiger partial charge in [-0.25, -0.2) is 0 Å². The van der Waals surface area contributed by atoms with Gasteiger partial charge in [0.25, 0.3) is 0 Å². The molecule has 2 heteroatoms. The van der Waals surface area contributed by atoms with E-state index in [-0.39, 0.29) is 0 Å². The molecule has 31 heavy (non-hydrogen) atoms. The number of rotatable bonds is 5. The molecule has 0 aliphatic heterocycles. The predicted octanol–water partition coefficient (Wildman–Crippen LogP) is 6.12. The lowest BCUT2D eigenvalue weighted by Gasteiger charge is -2.25. The number of anilines is 4.